The molecule has 8 heterocycles. The molecule has 18 aromatic carbocycles. The van der Waals surface area contributed by atoms with Crippen molar-refractivity contribution in [1.29, 1.82) is 0 Å². The smallest absolute Gasteiger partial charge is 0.170 e. The summed E-state index contributed by atoms with van der Waals surface area (Å²) in [5.41, 5.74) is 22.7. The van der Waals surface area contributed by atoms with Gasteiger partial charge < -0.3 is 26.8 Å². The first-order valence-corrected chi connectivity index (χ1v) is 40.9. The van der Waals surface area contributed by atoms with Gasteiger partial charge in [0.25, 0.3) is 0 Å². The number of aromatic nitrogens is 8. The van der Waals surface area contributed by atoms with Crippen molar-refractivity contribution in [2.45, 2.75) is 0 Å². The fraction of sp³-hybridized carbons (Fsp3) is 0. The largest absolute Gasteiger partial charge is 0.456 e. The fourth-order valence-corrected chi connectivity index (χ4v) is 19.0. The van der Waals surface area contributed by atoms with E-state index in [1.807, 2.05) is 78.9 Å². The van der Waals surface area contributed by atoms with Crippen LogP contribution in [0.15, 0.2) is 394 Å². The monoisotopic (exact) mass is 1560 g/mol. The molecule has 566 valence electrons. The van der Waals surface area contributed by atoms with E-state index in [9.17, 15) is 0 Å². The Bertz CT molecular complexity index is 8910. The highest BCUT2D eigenvalue weighted by Gasteiger charge is 2.30. The number of hydrogen-bond acceptors (Lipinski definition) is 10. The van der Waals surface area contributed by atoms with Crippen LogP contribution in [0.5, 0.6) is 0 Å². The van der Waals surface area contributed by atoms with E-state index in [0.717, 1.165) is 214 Å². The van der Waals surface area contributed by atoms with Crippen LogP contribution < -0.4 is 0 Å². The van der Waals surface area contributed by atoms with Gasteiger partial charge in [-0.15, -0.1) is 0 Å². The molecule has 0 aliphatic rings. The van der Waals surface area contributed by atoms with E-state index in [1.54, 1.807) is 0 Å². The van der Waals surface area contributed by atoms with E-state index in [-0.39, 0.29) is 0 Å². The highest BCUT2D eigenvalue weighted by molar-refractivity contribution is 6.20. The second-order valence-electron chi connectivity index (χ2n) is 31.5. The number of para-hydroxylation sites is 5. The summed E-state index contributed by atoms with van der Waals surface area (Å²) in [4.78, 5) is 33.5. The van der Waals surface area contributed by atoms with Crippen LogP contribution in [0.3, 0.4) is 0 Å². The Hall–Kier alpha value is -16.7. The number of hydrogen-bond donors (Lipinski definition) is 0. The summed E-state index contributed by atoms with van der Waals surface area (Å²) in [6, 6.07) is 132. The molecule has 0 N–H and O–H groups in total. The highest BCUT2D eigenvalue weighted by Crippen LogP contribution is 2.49. The molecule has 0 spiro atoms. The van der Waals surface area contributed by atoms with Crippen LogP contribution in [0.25, 0.3) is 266 Å². The summed E-state index contributed by atoms with van der Waals surface area (Å²) >= 11 is 0. The zero-order valence-electron chi connectivity index (χ0n) is 65.0. The number of fused-ring (bicyclic) bond motifs is 20. The van der Waals surface area contributed by atoms with Crippen molar-refractivity contribution in [3.8, 4) is 113 Å². The first-order chi connectivity index (χ1) is 60.4. The van der Waals surface area contributed by atoms with E-state index in [2.05, 4.69) is 306 Å². The maximum atomic E-state index is 7.39. The SMILES string of the molecule is c1ccc(-c2cccc(-c3nc(-c4c(-n5c6ccccc6c6cc7ccccc7cc65)ccc5c4oc4ccc(-c6ccc(-c7ccc(-c8nc(-c9c(-n%10c%11ccccc%11c%11cc%12ccccc%12cc%11%10)ccc%10c9oc9ccccc9%10)nc(-c9cccc%10oc%11ccccc%11c9%10)n8)cc7)cc6)cc45)nc(-c4cccc5oc6ccccc6c45)n3)c2)cc1. The minimum Gasteiger partial charge on any atom is -0.456 e. The Balaban J connectivity index is 0.619. The van der Waals surface area contributed by atoms with Crippen LogP contribution in [0.4, 0.5) is 0 Å². The van der Waals surface area contributed by atoms with Gasteiger partial charge in [-0.3, -0.25) is 0 Å². The van der Waals surface area contributed by atoms with Gasteiger partial charge in [0.15, 0.2) is 34.9 Å². The standard InChI is InChI=1S/C110H62N8O4/c1-2-21-63(22-3-1)68-27-18-28-74(57-68)106-112-108(83-35-20-42-98-100(83)81-33-12-17-40-95(81)120-98)116-110(114-106)102-90(118-88-37-14-9-30-76(88)85-59-70-24-5-7-26-72(70)62-92(85)118)55-53-79-86-60-73(51-56-96(86)122-104(79)102)66-45-43-64(44-46-66)65-47-49-67(50-48-65)105-111-107(82-34-19-41-97-99(82)80-32-11-16-39-94(80)119-97)115-109(113-105)101-89(54-52-78-77-31-10-15-38-93(77)121-103(78)101)117-87-36-13-8-29-75(87)84-58-69-23-4-6-25-71(69)61-91(84)117/h1-62H. The van der Waals surface area contributed by atoms with Crippen molar-refractivity contribution in [1.82, 2.24) is 39.0 Å². The predicted octanol–water partition coefficient (Wildman–Crippen LogP) is 29.2. The zero-order valence-corrected chi connectivity index (χ0v) is 65.0. The van der Waals surface area contributed by atoms with E-state index >= 15 is 0 Å². The van der Waals surface area contributed by atoms with E-state index < -0.39 is 0 Å². The third kappa shape index (κ3) is 10.5. The third-order valence-corrected chi connectivity index (χ3v) is 24.6. The average molecular weight is 1560 g/mol. The number of benzene rings is 18. The summed E-state index contributed by atoms with van der Waals surface area (Å²) in [5.74, 6) is 2.91. The minimum atomic E-state index is 0.450. The summed E-state index contributed by atoms with van der Waals surface area (Å²) in [5, 5.41) is 16.7. The lowest BCUT2D eigenvalue weighted by molar-refractivity contribution is 0.668. The normalized spacial score (nSPS) is 12.1. The molecule has 26 rings (SSSR count). The van der Waals surface area contributed by atoms with Gasteiger partial charge in [-0.05, 0) is 164 Å². The van der Waals surface area contributed by atoms with Crippen LogP contribution in [0, 0.1) is 0 Å². The van der Waals surface area contributed by atoms with Crippen molar-refractivity contribution in [3.05, 3.63) is 376 Å². The Labute approximate surface area is 694 Å². The van der Waals surface area contributed by atoms with Crippen LogP contribution in [0.2, 0.25) is 0 Å². The molecule has 0 aliphatic heterocycles. The van der Waals surface area contributed by atoms with E-state index in [0.29, 0.717) is 46.1 Å². The summed E-state index contributed by atoms with van der Waals surface area (Å²) in [7, 11) is 0. The predicted molar refractivity (Wildman–Crippen MR) is 495 cm³/mol. The molecule has 0 fully saturated rings. The van der Waals surface area contributed by atoms with Gasteiger partial charge in [0.2, 0.25) is 0 Å². The van der Waals surface area contributed by atoms with Gasteiger partial charge in [0.05, 0.1) is 44.6 Å². The molecule has 0 aliphatic carbocycles. The molecule has 12 heteroatoms. The zero-order chi connectivity index (χ0) is 79.8. The Morgan fingerprint density at radius 2 is 0.541 bits per heavy atom. The Kier molecular flexibility index (Phi) is 14.6. The number of rotatable bonds is 11. The summed E-state index contributed by atoms with van der Waals surface area (Å²) in [6.07, 6.45) is 0. The van der Waals surface area contributed by atoms with Gasteiger partial charge in [0, 0.05) is 86.9 Å². The van der Waals surface area contributed by atoms with Crippen LogP contribution in [0.1, 0.15) is 0 Å². The van der Waals surface area contributed by atoms with Crippen LogP contribution in [-0.4, -0.2) is 39.0 Å². The molecule has 26 aromatic rings. The molecule has 0 atom stereocenters. The molecule has 0 saturated heterocycles. The second-order valence-corrected chi connectivity index (χ2v) is 31.5. The van der Waals surface area contributed by atoms with E-state index in [1.165, 1.54) is 5.39 Å². The van der Waals surface area contributed by atoms with Crippen molar-refractivity contribution in [2.24, 2.45) is 0 Å². The molecular formula is C110H62N8O4. The number of furan rings is 4. The quantitative estimate of drug-likeness (QED) is 0.123. The lowest BCUT2D eigenvalue weighted by Crippen LogP contribution is -2.04. The van der Waals surface area contributed by atoms with Crippen LogP contribution in [-0.2, 0) is 0 Å². The molecule has 8 aromatic heterocycles. The van der Waals surface area contributed by atoms with Crippen LogP contribution >= 0.6 is 0 Å². The Morgan fingerprint density at radius 3 is 1.08 bits per heavy atom. The van der Waals surface area contributed by atoms with Gasteiger partial charge in [-0.25, -0.2) is 29.9 Å². The highest BCUT2D eigenvalue weighted by atomic mass is 16.3. The summed E-state index contributed by atoms with van der Waals surface area (Å²) in [6.45, 7) is 0. The summed E-state index contributed by atoms with van der Waals surface area (Å²) < 4.78 is 32.3. The lowest BCUT2D eigenvalue weighted by Gasteiger charge is -2.16. The van der Waals surface area contributed by atoms with Gasteiger partial charge in [0.1, 0.15) is 44.7 Å². The molecule has 0 radical (unpaired) electrons. The molecular weight excluding hydrogens is 1500 g/mol. The van der Waals surface area contributed by atoms with E-state index in [4.69, 9.17) is 47.6 Å². The van der Waals surface area contributed by atoms with Crippen molar-refractivity contribution >= 4 is 153 Å². The maximum Gasteiger partial charge on any atom is 0.170 e. The molecule has 0 bridgehead atoms. The first-order valence-electron chi connectivity index (χ1n) is 40.9. The van der Waals surface area contributed by atoms with Crippen molar-refractivity contribution in [2.75, 3.05) is 0 Å². The first kappa shape index (κ1) is 67.5. The molecule has 0 amide bonds. The number of nitrogens with zero attached hydrogens (tertiary/aromatic N) is 8. The van der Waals surface area contributed by atoms with Crippen molar-refractivity contribution < 1.29 is 17.7 Å². The minimum absolute atomic E-state index is 0.450. The average Bonchev–Trinajstić information content (AvgIpc) is 1.55. The van der Waals surface area contributed by atoms with Gasteiger partial charge in [-0.1, -0.05) is 267 Å². The fourth-order valence-electron chi connectivity index (χ4n) is 19.0. The molecule has 12 nitrogen and oxygen atoms in total. The van der Waals surface area contributed by atoms with Gasteiger partial charge >= 0.3 is 0 Å². The maximum absolute atomic E-state index is 7.39. The second kappa shape index (κ2) is 26.4. The third-order valence-electron chi connectivity index (χ3n) is 24.6. The lowest BCUT2D eigenvalue weighted by atomic mass is 9.98. The molecule has 122 heavy (non-hydrogen) atoms. The topological polar surface area (TPSA) is 140 Å². The van der Waals surface area contributed by atoms with Crippen molar-refractivity contribution in [3.63, 3.8) is 0 Å². The molecule has 0 unspecified atom stereocenters. The molecule has 0 saturated carbocycles. The van der Waals surface area contributed by atoms with Gasteiger partial charge in [-0.2, -0.15) is 0 Å². The Morgan fingerprint density at radius 1 is 0.180 bits per heavy atom.